The summed E-state index contributed by atoms with van der Waals surface area (Å²) in [6.45, 7) is 0. The number of rotatable bonds is 3. The molecule has 0 aliphatic rings. The van der Waals surface area contributed by atoms with Crippen molar-refractivity contribution in [2.24, 2.45) is 0 Å². The molecule has 3 rings (SSSR count). The molecule has 0 unspecified atom stereocenters. The predicted octanol–water partition coefficient (Wildman–Crippen LogP) is 3.84. The van der Waals surface area contributed by atoms with E-state index < -0.39 is 4.92 Å². The fraction of sp³-hybridized carbons (Fsp3) is 0. The second-order valence-corrected chi connectivity index (χ2v) is 5.32. The molecule has 0 aliphatic heterocycles. The Morgan fingerprint density at radius 1 is 1.10 bits per heavy atom. The Bertz CT molecular complexity index is 853. The van der Waals surface area contributed by atoms with Crippen LogP contribution in [0.5, 0.6) is 0 Å². The van der Waals surface area contributed by atoms with Crippen molar-refractivity contribution < 1.29 is 9.72 Å². The highest BCUT2D eigenvalue weighted by Gasteiger charge is 2.15. The number of hydrogen-bond acceptors (Lipinski definition) is 3. The molecule has 0 aliphatic carbocycles. The lowest BCUT2D eigenvalue weighted by Crippen LogP contribution is -2.05. The molecular formula is C15H9BrN2O3. The predicted molar refractivity (Wildman–Crippen MR) is 81.6 cm³/mol. The van der Waals surface area contributed by atoms with Crippen LogP contribution in [0.3, 0.4) is 0 Å². The highest BCUT2D eigenvalue weighted by Crippen LogP contribution is 2.22. The lowest BCUT2D eigenvalue weighted by atomic mass is 10.1. The quantitative estimate of drug-likeness (QED) is 0.412. The molecule has 1 aromatic carbocycles. The van der Waals surface area contributed by atoms with Crippen LogP contribution in [-0.2, 0) is 0 Å². The minimum absolute atomic E-state index is 0.0330. The highest BCUT2D eigenvalue weighted by molar-refractivity contribution is 9.10. The number of hydrogen-bond donors (Lipinski definition) is 0. The van der Waals surface area contributed by atoms with Crippen LogP contribution in [0.2, 0.25) is 0 Å². The summed E-state index contributed by atoms with van der Waals surface area (Å²) in [6, 6.07) is 12.9. The first kappa shape index (κ1) is 13.5. The number of nitrogens with zero attached hydrogens (tertiary/aromatic N) is 2. The van der Waals surface area contributed by atoms with Crippen molar-refractivity contribution in [3.8, 4) is 0 Å². The van der Waals surface area contributed by atoms with Crippen molar-refractivity contribution in [1.29, 1.82) is 0 Å². The number of nitro benzene ring substituents is 1. The fourth-order valence-corrected chi connectivity index (χ4v) is 2.65. The van der Waals surface area contributed by atoms with Gasteiger partial charge in [0.15, 0.2) is 0 Å². The second-order valence-electron chi connectivity index (χ2n) is 4.46. The largest absolute Gasteiger partial charge is 0.313 e. The minimum atomic E-state index is -0.488. The van der Waals surface area contributed by atoms with E-state index in [2.05, 4.69) is 15.9 Å². The van der Waals surface area contributed by atoms with Crippen LogP contribution < -0.4 is 0 Å². The third kappa shape index (κ3) is 2.34. The maximum Gasteiger partial charge on any atom is 0.269 e. The van der Waals surface area contributed by atoms with Crippen LogP contribution >= 0.6 is 15.9 Å². The molecule has 0 spiro atoms. The lowest BCUT2D eigenvalue weighted by Gasteiger charge is -2.03. The number of carbonyl (C=O) groups excluding carboxylic acids is 1. The summed E-state index contributed by atoms with van der Waals surface area (Å²) in [5.74, 6) is -0.178. The van der Waals surface area contributed by atoms with Gasteiger partial charge in [0.05, 0.1) is 16.1 Å². The van der Waals surface area contributed by atoms with Gasteiger partial charge in [0.1, 0.15) is 0 Å². The highest BCUT2D eigenvalue weighted by atomic mass is 79.9. The summed E-state index contributed by atoms with van der Waals surface area (Å²) in [7, 11) is 0. The first-order chi connectivity index (χ1) is 10.1. The number of aromatic nitrogens is 1. The van der Waals surface area contributed by atoms with E-state index >= 15 is 0 Å². The molecule has 21 heavy (non-hydrogen) atoms. The Kier molecular flexibility index (Phi) is 3.31. The molecule has 5 nitrogen and oxygen atoms in total. The summed E-state index contributed by atoms with van der Waals surface area (Å²) in [5, 5.41) is 10.6. The van der Waals surface area contributed by atoms with Crippen molar-refractivity contribution in [2.45, 2.75) is 0 Å². The van der Waals surface area contributed by atoms with Gasteiger partial charge in [0.2, 0.25) is 5.78 Å². The molecule has 6 heteroatoms. The molecule has 0 amide bonds. The maximum absolute atomic E-state index is 12.5. The first-order valence-electron chi connectivity index (χ1n) is 6.12. The Morgan fingerprint density at radius 3 is 2.48 bits per heavy atom. The zero-order valence-electron chi connectivity index (χ0n) is 10.7. The van der Waals surface area contributed by atoms with Crippen LogP contribution in [0.15, 0.2) is 59.2 Å². The van der Waals surface area contributed by atoms with Crippen LogP contribution in [0.1, 0.15) is 16.1 Å². The standard InChI is InChI=1S/C15H9BrN2O3/c16-12-2-1-9-17-13(12)7-8-14(17)15(19)10-3-5-11(6-4-10)18(20)21/h1-9H. The molecule has 0 saturated carbocycles. The monoisotopic (exact) mass is 344 g/mol. The van der Waals surface area contributed by atoms with Crippen LogP contribution in [-0.4, -0.2) is 15.1 Å². The number of fused-ring (bicyclic) bond motifs is 1. The average Bonchev–Trinajstić information content (AvgIpc) is 2.92. The summed E-state index contributed by atoms with van der Waals surface area (Å²) in [5.41, 5.74) is 1.79. The molecule has 104 valence electrons. The Morgan fingerprint density at radius 2 is 1.81 bits per heavy atom. The van der Waals surface area contributed by atoms with Gasteiger partial charge in [-0.3, -0.25) is 14.9 Å². The van der Waals surface area contributed by atoms with Crippen molar-refractivity contribution >= 4 is 32.9 Å². The van der Waals surface area contributed by atoms with Gasteiger partial charge in [-0.2, -0.15) is 0 Å². The van der Waals surface area contributed by atoms with Crippen LogP contribution in [0, 0.1) is 10.1 Å². The molecule has 0 atom stereocenters. The van der Waals surface area contributed by atoms with E-state index in [1.807, 2.05) is 18.2 Å². The first-order valence-corrected chi connectivity index (χ1v) is 6.92. The average molecular weight is 345 g/mol. The number of nitro groups is 1. The van der Waals surface area contributed by atoms with E-state index in [1.165, 1.54) is 24.3 Å². The van der Waals surface area contributed by atoms with E-state index in [4.69, 9.17) is 0 Å². The van der Waals surface area contributed by atoms with Gasteiger partial charge in [-0.15, -0.1) is 0 Å². The minimum Gasteiger partial charge on any atom is -0.313 e. The van der Waals surface area contributed by atoms with Crippen LogP contribution in [0.4, 0.5) is 5.69 Å². The molecule has 0 fully saturated rings. The number of non-ortho nitro benzene ring substituents is 1. The van der Waals surface area contributed by atoms with Gasteiger partial charge in [-0.1, -0.05) is 0 Å². The Hall–Kier alpha value is -2.47. The molecule has 0 bridgehead atoms. The maximum atomic E-state index is 12.5. The number of carbonyl (C=O) groups is 1. The van der Waals surface area contributed by atoms with Crippen LogP contribution in [0.25, 0.3) is 5.52 Å². The van der Waals surface area contributed by atoms with Crippen molar-refractivity contribution in [3.05, 3.63) is 80.6 Å². The summed E-state index contributed by atoms with van der Waals surface area (Å²) in [6.07, 6.45) is 1.80. The van der Waals surface area contributed by atoms with Crippen molar-refractivity contribution in [2.75, 3.05) is 0 Å². The van der Waals surface area contributed by atoms with Gasteiger partial charge in [0, 0.05) is 28.4 Å². The number of ketones is 1. The van der Waals surface area contributed by atoms with E-state index in [1.54, 1.807) is 16.7 Å². The zero-order chi connectivity index (χ0) is 15.0. The van der Waals surface area contributed by atoms with E-state index in [-0.39, 0.29) is 11.5 Å². The Labute approximate surface area is 128 Å². The van der Waals surface area contributed by atoms with Crippen molar-refractivity contribution in [1.82, 2.24) is 4.40 Å². The molecule has 0 radical (unpaired) electrons. The molecule has 0 N–H and O–H groups in total. The zero-order valence-corrected chi connectivity index (χ0v) is 12.3. The third-order valence-electron chi connectivity index (χ3n) is 3.21. The topological polar surface area (TPSA) is 64.6 Å². The number of pyridine rings is 1. The number of halogens is 1. The number of benzene rings is 1. The molecular weight excluding hydrogens is 336 g/mol. The third-order valence-corrected chi connectivity index (χ3v) is 3.88. The smallest absolute Gasteiger partial charge is 0.269 e. The second kappa shape index (κ2) is 5.14. The van der Waals surface area contributed by atoms with Gasteiger partial charge in [-0.25, -0.2) is 0 Å². The molecule has 0 saturated heterocycles. The lowest BCUT2D eigenvalue weighted by molar-refractivity contribution is -0.384. The fourth-order valence-electron chi connectivity index (χ4n) is 2.17. The van der Waals surface area contributed by atoms with E-state index in [0.717, 1.165) is 9.99 Å². The SMILES string of the molecule is O=C(c1ccc([N+](=O)[O-])cc1)c1ccc2c(Br)cccn12. The summed E-state index contributed by atoms with van der Waals surface area (Å²) < 4.78 is 2.68. The summed E-state index contributed by atoms with van der Waals surface area (Å²) >= 11 is 3.43. The van der Waals surface area contributed by atoms with Gasteiger partial charge < -0.3 is 4.40 Å². The molecule has 2 aromatic heterocycles. The Balaban J connectivity index is 2.04. The van der Waals surface area contributed by atoms with E-state index in [0.29, 0.717) is 11.3 Å². The normalized spacial score (nSPS) is 10.7. The molecule has 2 heterocycles. The van der Waals surface area contributed by atoms with Gasteiger partial charge in [-0.05, 0) is 52.3 Å². The van der Waals surface area contributed by atoms with Gasteiger partial charge in [0.25, 0.3) is 5.69 Å². The summed E-state index contributed by atoms with van der Waals surface area (Å²) in [4.78, 5) is 22.7. The van der Waals surface area contributed by atoms with E-state index in [9.17, 15) is 14.9 Å². The van der Waals surface area contributed by atoms with Gasteiger partial charge >= 0.3 is 0 Å². The van der Waals surface area contributed by atoms with Crippen molar-refractivity contribution in [3.63, 3.8) is 0 Å². The molecule has 3 aromatic rings.